The molecule has 0 aliphatic heterocycles. The molecule has 132 valence electrons. The monoisotopic (exact) mass is 385 g/mol. The van der Waals surface area contributed by atoms with E-state index in [4.69, 9.17) is 32.7 Å². The molecule has 0 aromatic heterocycles. The smallest absolute Gasteiger partial charge is 0.339 e. The number of hydrogen-bond acceptors (Lipinski definition) is 4. The Kier molecular flexibility index (Phi) is 6.22. The van der Waals surface area contributed by atoms with Crippen LogP contribution in [0.4, 0.5) is 10.1 Å². The molecule has 0 fully saturated rings. The predicted octanol–water partition coefficient (Wildman–Crippen LogP) is 4.33. The van der Waals surface area contributed by atoms with Gasteiger partial charge in [-0.15, -0.1) is 0 Å². The zero-order valence-electron chi connectivity index (χ0n) is 13.3. The third kappa shape index (κ3) is 4.61. The molecular formula is C17H14Cl2FNO4. The lowest BCUT2D eigenvalue weighted by molar-refractivity contribution is -0.123. The quantitative estimate of drug-likeness (QED) is 0.778. The van der Waals surface area contributed by atoms with E-state index in [2.05, 4.69) is 5.32 Å². The molecule has 2 aromatic carbocycles. The van der Waals surface area contributed by atoms with Crippen LogP contribution in [-0.2, 0) is 9.53 Å². The molecule has 8 heteroatoms. The van der Waals surface area contributed by atoms with Crippen LogP contribution in [0.1, 0.15) is 17.3 Å². The number of halogens is 3. The number of methoxy groups -OCH3 is 1. The molecule has 1 amide bonds. The summed E-state index contributed by atoms with van der Waals surface area (Å²) in [6, 6.07) is 8.33. The van der Waals surface area contributed by atoms with E-state index in [-0.39, 0.29) is 27.0 Å². The Balaban J connectivity index is 2.05. The average Bonchev–Trinajstić information content (AvgIpc) is 2.57. The third-order valence-corrected chi connectivity index (χ3v) is 3.88. The van der Waals surface area contributed by atoms with Gasteiger partial charge < -0.3 is 14.8 Å². The Labute approximate surface area is 153 Å². The van der Waals surface area contributed by atoms with Gasteiger partial charge in [0.05, 0.1) is 28.4 Å². The van der Waals surface area contributed by atoms with Gasteiger partial charge in [-0.3, -0.25) is 4.79 Å². The van der Waals surface area contributed by atoms with Crippen LogP contribution < -0.4 is 10.1 Å². The van der Waals surface area contributed by atoms with Crippen molar-refractivity contribution in [3.8, 4) is 5.75 Å². The van der Waals surface area contributed by atoms with Gasteiger partial charge in [-0.25, -0.2) is 9.18 Å². The molecule has 0 aliphatic carbocycles. The SMILES string of the molecule is COc1ccc(C(=O)O[C@@H](C)C(=O)Nc2c(Cl)cccc2Cl)cc1F. The zero-order chi connectivity index (χ0) is 18.6. The van der Waals surface area contributed by atoms with E-state index in [0.717, 1.165) is 6.07 Å². The Morgan fingerprint density at radius 2 is 1.80 bits per heavy atom. The average molecular weight is 386 g/mol. The number of esters is 1. The molecule has 0 bridgehead atoms. The van der Waals surface area contributed by atoms with Crippen molar-refractivity contribution in [1.29, 1.82) is 0 Å². The summed E-state index contributed by atoms with van der Waals surface area (Å²) in [7, 11) is 1.31. The summed E-state index contributed by atoms with van der Waals surface area (Å²) in [4.78, 5) is 24.2. The maximum Gasteiger partial charge on any atom is 0.339 e. The van der Waals surface area contributed by atoms with Crippen LogP contribution in [0.2, 0.25) is 10.0 Å². The first-order chi connectivity index (χ1) is 11.8. The summed E-state index contributed by atoms with van der Waals surface area (Å²) in [5.74, 6) is -2.20. The second-order valence-corrected chi connectivity index (χ2v) is 5.80. The number of carbonyl (C=O) groups is 2. The van der Waals surface area contributed by atoms with E-state index in [9.17, 15) is 14.0 Å². The lowest BCUT2D eigenvalue weighted by Gasteiger charge is -2.15. The van der Waals surface area contributed by atoms with Gasteiger partial charge in [0.25, 0.3) is 5.91 Å². The molecule has 0 saturated carbocycles. The van der Waals surface area contributed by atoms with Crippen molar-refractivity contribution in [2.75, 3.05) is 12.4 Å². The predicted molar refractivity (Wildman–Crippen MR) is 92.9 cm³/mol. The van der Waals surface area contributed by atoms with Crippen LogP contribution in [0.5, 0.6) is 5.75 Å². The van der Waals surface area contributed by atoms with Gasteiger partial charge in [0.2, 0.25) is 0 Å². The van der Waals surface area contributed by atoms with Crippen LogP contribution in [0.25, 0.3) is 0 Å². The van der Waals surface area contributed by atoms with E-state index in [1.807, 2.05) is 0 Å². The molecule has 0 radical (unpaired) electrons. The fraction of sp³-hybridized carbons (Fsp3) is 0.176. The lowest BCUT2D eigenvalue weighted by atomic mass is 10.2. The standard InChI is InChI=1S/C17H14Cl2FNO4/c1-9(16(22)21-15-11(18)4-3-5-12(15)19)25-17(23)10-6-7-14(24-2)13(20)8-10/h3-9H,1-2H3,(H,21,22)/t9-/m0/s1. The number of hydrogen-bond donors (Lipinski definition) is 1. The highest BCUT2D eigenvalue weighted by Crippen LogP contribution is 2.30. The first kappa shape index (κ1) is 19.0. The molecule has 0 heterocycles. The Hall–Kier alpha value is -2.31. The van der Waals surface area contributed by atoms with Crippen molar-refractivity contribution in [2.45, 2.75) is 13.0 Å². The van der Waals surface area contributed by atoms with E-state index in [1.165, 1.54) is 26.2 Å². The van der Waals surface area contributed by atoms with Crippen molar-refractivity contribution in [1.82, 2.24) is 0 Å². The van der Waals surface area contributed by atoms with E-state index >= 15 is 0 Å². The van der Waals surface area contributed by atoms with Gasteiger partial charge in [0, 0.05) is 0 Å². The number of benzene rings is 2. The molecule has 0 aliphatic rings. The number of rotatable bonds is 5. The van der Waals surface area contributed by atoms with Crippen molar-refractivity contribution in [3.63, 3.8) is 0 Å². The molecule has 5 nitrogen and oxygen atoms in total. The fourth-order valence-electron chi connectivity index (χ4n) is 1.92. The highest BCUT2D eigenvalue weighted by molar-refractivity contribution is 6.39. The zero-order valence-corrected chi connectivity index (χ0v) is 14.8. The maximum absolute atomic E-state index is 13.6. The molecule has 0 unspecified atom stereocenters. The normalized spacial score (nSPS) is 11.6. The number of para-hydroxylation sites is 1. The summed E-state index contributed by atoms with van der Waals surface area (Å²) in [6.07, 6.45) is -1.15. The summed E-state index contributed by atoms with van der Waals surface area (Å²) in [5, 5.41) is 2.98. The summed E-state index contributed by atoms with van der Waals surface area (Å²) < 4.78 is 23.4. The number of amides is 1. The van der Waals surface area contributed by atoms with Crippen LogP contribution in [0.3, 0.4) is 0 Å². The van der Waals surface area contributed by atoms with E-state index in [1.54, 1.807) is 18.2 Å². The van der Waals surface area contributed by atoms with Crippen LogP contribution in [0.15, 0.2) is 36.4 Å². The molecule has 25 heavy (non-hydrogen) atoms. The van der Waals surface area contributed by atoms with Gasteiger partial charge in [-0.05, 0) is 37.3 Å². The van der Waals surface area contributed by atoms with Crippen LogP contribution in [0, 0.1) is 5.82 Å². The molecule has 1 atom stereocenters. The highest BCUT2D eigenvalue weighted by Gasteiger charge is 2.21. The molecule has 2 rings (SSSR count). The molecule has 1 N–H and O–H groups in total. The first-order valence-electron chi connectivity index (χ1n) is 7.13. The van der Waals surface area contributed by atoms with Gasteiger partial charge in [0.1, 0.15) is 0 Å². The largest absolute Gasteiger partial charge is 0.494 e. The molecule has 0 spiro atoms. The van der Waals surface area contributed by atoms with Crippen molar-refractivity contribution >= 4 is 40.8 Å². The topological polar surface area (TPSA) is 64.6 Å². The minimum absolute atomic E-state index is 0.00398. The summed E-state index contributed by atoms with van der Waals surface area (Å²) in [6.45, 7) is 1.37. The van der Waals surface area contributed by atoms with Gasteiger partial charge in [-0.1, -0.05) is 29.3 Å². The minimum Gasteiger partial charge on any atom is -0.494 e. The van der Waals surface area contributed by atoms with Gasteiger partial charge in [0.15, 0.2) is 17.7 Å². The number of anilines is 1. The summed E-state index contributed by atoms with van der Waals surface area (Å²) >= 11 is 11.9. The van der Waals surface area contributed by atoms with Gasteiger partial charge >= 0.3 is 5.97 Å². The van der Waals surface area contributed by atoms with Crippen LogP contribution >= 0.6 is 23.2 Å². The van der Waals surface area contributed by atoms with E-state index in [0.29, 0.717) is 0 Å². The third-order valence-electron chi connectivity index (χ3n) is 3.25. The Morgan fingerprint density at radius 3 is 2.36 bits per heavy atom. The molecular weight excluding hydrogens is 372 g/mol. The van der Waals surface area contributed by atoms with Crippen molar-refractivity contribution in [3.05, 3.63) is 57.8 Å². The fourth-order valence-corrected chi connectivity index (χ4v) is 2.41. The number of carbonyl (C=O) groups excluding carboxylic acids is 2. The van der Waals surface area contributed by atoms with Crippen molar-refractivity contribution < 1.29 is 23.5 Å². The summed E-state index contributed by atoms with van der Waals surface area (Å²) in [5.41, 5.74) is 0.169. The van der Waals surface area contributed by atoms with Gasteiger partial charge in [-0.2, -0.15) is 0 Å². The first-order valence-corrected chi connectivity index (χ1v) is 7.88. The van der Waals surface area contributed by atoms with Crippen LogP contribution in [-0.4, -0.2) is 25.1 Å². The second-order valence-electron chi connectivity index (χ2n) is 4.98. The maximum atomic E-state index is 13.6. The molecule has 0 saturated heterocycles. The number of nitrogens with one attached hydrogen (secondary N) is 1. The Morgan fingerprint density at radius 1 is 1.16 bits per heavy atom. The highest BCUT2D eigenvalue weighted by atomic mass is 35.5. The minimum atomic E-state index is -1.15. The van der Waals surface area contributed by atoms with E-state index < -0.39 is 23.8 Å². The van der Waals surface area contributed by atoms with Crippen molar-refractivity contribution in [2.24, 2.45) is 0 Å². The Bertz CT molecular complexity index is 793. The second kappa shape index (κ2) is 8.18. The number of ether oxygens (including phenoxy) is 2. The molecule has 2 aromatic rings. The lowest BCUT2D eigenvalue weighted by Crippen LogP contribution is -2.30.